The summed E-state index contributed by atoms with van der Waals surface area (Å²) < 4.78 is 0. The topological polar surface area (TPSA) is 122 Å². The van der Waals surface area contributed by atoms with E-state index in [4.69, 9.17) is 11.5 Å². The molecule has 1 aliphatic carbocycles. The van der Waals surface area contributed by atoms with Crippen LogP contribution in [0.25, 0.3) is 0 Å². The van der Waals surface area contributed by atoms with Gasteiger partial charge in [0.2, 0.25) is 5.91 Å². The van der Waals surface area contributed by atoms with Gasteiger partial charge >= 0.3 is 0 Å². The molecule has 1 amide bonds. The van der Waals surface area contributed by atoms with E-state index < -0.39 is 5.91 Å². The fraction of sp³-hybridized carbons (Fsp3) is 0.367. The summed E-state index contributed by atoms with van der Waals surface area (Å²) in [6, 6.07) is 14.2. The number of anilines is 1. The number of carbonyl (C=O) groups is 1. The molecule has 2 aromatic carbocycles. The van der Waals surface area contributed by atoms with Crippen LogP contribution < -0.4 is 16.4 Å². The molecule has 0 bridgehead atoms. The van der Waals surface area contributed by atoms with Gasteiger partial charge in [-0.25, -0.2) is 9.97 Å². The van der Waals surface area contributed by atoms with Crippen molar-refractivity contribution in [2.45, 2.75) is 45.0 Å². The summed E-state index contributed by atoms with van der Waals surface area (Å²) >= 11 is 0. The molecule has 6 rings (SSSR count). The van der Waals surface area contributed by atoms with Gasteiger partial charge in [-0.2, -0.15) is 0 Å². The molecule has 1 saturated heterocycles. The first-order valence-corrected chi connectivity index (χ1v) is 13.1. The summed E-state index contributed by atoms with van der Waals surface area (Å²) in [6.07, 6.45) is 4.69. The van der Waals surface area contributed by atoms with Crippen LogP contribution in [0.1, 0.15) is 62.9 Å². The molecule has 8 heteroatoms. The Hall–Kier alpha value is -3.77. The highest BCUT2D eigenvalue weighted by molar-refractivity contribution is 5.93. The molecular formula is C30H32N6O2. The van der Waals surface area contributed by atoms with Crippen LogP contribution in [0.3, 0.4) is 0 Å². The van der Waals surface area contributed by atoms with E-state index in [0.717, 1.165) is 56.8 Å². The first kappa shape index (κ1) is 24.6. The lowest BCUT2D eigenvalue weighted by Crippen LogP contribution is -2.45. The molecule has 3 aromatic rings. The minimum absolute atomic E-state index is 0.0653. The predicted octanol–water partition coefficient (Wildman–Crippen LogP) is 2.28. The molecule has 0 saturated carbocycles. The van der Waals surface area contributed by atoms with Crippen LogP contribution in [-0.4, -0.2) is 45.5 Å². The third kappa shape index (κ3) is 4.43. The number of piperidine rings is 1. The number of aliphatic hydroxyl groups excluding tert-OH is 1. The minimum atomic E-state index is -0.413. The van der Waals surface area contributed by atoms with Crippen molar-refractivity contribution >= 4 is 11.7 Å². The quantitative estimate of drug-likeness (QED) is 0.462. The van der Waals surface area contributed by atoms with E-state index in [0.29, 0.717) is 23.5 Å². The van der Waals surface area contributed by atoms with Crippen LogP contribution in [0.4, 0.5) is 5.82 Å². The number of amides is 1. The number of aromatic nitrogens is 2. The number of hydrogen-bond donors (Lipinski definition) is 3. The van der Waals surface area contributed by atoms with E-state index in [1.807, 2.05) is 12.1 Å². The number of hydrogen-bond acceptors (Lipinski definition) is 7. The van der Waals surface area contributed by atoms with E-state index >= 15 is 0 Å². The van der Waals surface area contributed by atoms with E-state index in [-0.39, 0.29) is 18.1 Å². The van der Waals surface area contributed by atoms with Gasteiger partial charge in [-0.3, -0.25) is 9.69 Å². The Balaban J connectivity index is 1.09. The van der Waals surface area contributed by atoms with Crippen LogP contribution in [0.15, 0.2) is 48.7 Å². The summed E-state index contributed by atoms with van der Waals surface area (Å²) in [4.78, 5) is 25.2. The maximum atomic E-state index is 11.5. The average Bonchev–Trinajstić information content (AvgIpc) is 3.46. The molecule has 3 aliphatic rings. The van der Waals surface area contributed by atoms with Crippen LogP contribution in [0.2, 0.25) is 0 Å². The zero-order valence-corrected chi connectivity index (χ0v) is 21.4. The van der Waals surface area contributed by atoms with E-state index in [1.54, 1.807) is 12.3 Å². The van der Waals surface area contributed by atoms with Crippen LogP contribution in [0.5, 0.6) is 0 Å². The second kappa shape index (κ2) is 9.84. The fourth-order valence-corrected chi connectivity index (χ4v) is 6.29. The second-order valence-corrected chi connectivity index (χ2v) is 10.7. The van der Waals surface area contributed by atoms with Gasteiger partial charge in [0.15, 0.2) is 5.82 Å². The van der Waals surface area contributed by atoms with Gasteiger partial charge in [0.05, 0.1) is 19.3 Å². The van der Waals surface area contributed by atoms with Crippen molar-refractivity contribution in [1.82, 2.24) is 14.9 Å². The molecule has 3 heterocycles. The maximum Gasteiger partial charge on any atom is 0.248 e. The largest absolute Gasteiger partial charge is 0.390 e. The molecule has 0 unspecified atom stereocenters. The Kier molecular flexibility index (Phi) is 6.36. The van der Waals surface area contributed by atoms with Crippen LogP contribution >= 0.6 is 0 Å². The summed E-state index contributed by atoms with van der Waals surface area (Å²) in [6.45, 7) is 3.55. The van der Waals surface area contributed by atoms with E-state index in [1.165, 1.54) is 16.7 Å². The number of benzene rings is 2. The molecule has 194 valence electrons. The number of rotatable bonds is 4. The summed E-state index contributed by atoms with van der Waals surface area (Å²) in [5, 5.41) is 10.1. The maximum absolute atomic E-state index is 11.5. The lowest BCUT2D eigenvalue weighted by molar-refractivity contribution is 0.1000. The molecule has 1 fully saturated rings. The first-order chi connectivity index (χ1) is 18.5. The van der Waals surface area contributed by atoms with Crippen molar-refractivity contribution in [2.75, 3.05) is 24.5 Å². The lowest BCUT2D eigenvalue weighted by atomic mass is 9.73. The lowest BCUT2D eigenvalue weighted by Gasteiger charge is -2.42. The number of carbonyl (C=O) groups excluding carboxylic acids is 1. The zero-order valence-electron chi connectivity index (χ0n) is 21.4. The van der Waals surface area contributed by atoms with Crippen molar-refractivity contribution in [3.63, 3.8) is 0 Å². The van der Waals surface area contributed by atoms with Crippen molar-refractivity contribution in [3.8, 4) is 11.8 Å². The van der Waals surface area contributed by atoms with Crippen LogP contribution in [0, 0.1) is 17.3 Å². The smallest absolute Gasteiger partial charge is 0.248 e. The van der Waals surface area contributed by atoms with Gasteiger partial charge in [0.1, 0.15) is 11.4 Å². The molecule has 5 N–H and O–H groups in total. The Morgan fingerprint density at radius 3 is 2.66 bits per heavy atom. The minimum Gasteiger partial charge on any atom is -0.390 e. The highest BCUT2D eigenvalue weighted by atomic mass is 16.3. The Morgan fingerprint density at radius 1 is 1.11 bits per heavy atom. The average molecular weight is 509 g/mol. The first-order valence-electron chi connectivity index (χ1n) is 13.1. The molecular weight excluding hydrogens is 476 g/mol. The summed E-state index contributed by atoms with van der Waals surface area (Å²) in [5.41, 5.74) is 18.8. The van der Waals surface area contributed by atoms with Gasteiger partial charge in [-0.05, 0) is 65.0 Å². The molecule has 1 aromatic heterocycles. The Morgan fingerprint density at radius 2 is 1.89 bits per heavy atom. The number of nitrogens with two attached hydrogens (primary N) is 2. The number of fused-ring (bicyclic) bond motifs is 2. The van der Waals surface area contributed by atoms with E-state index in [2.05, 4.69) is 55.9 Å². The monoisotopic (exact) mass is 508 g/mol. The SMILES string of the molecule is NC(=O)c1ccc2c(c1)CN(CC#Cc1cnc(N3CCC4(CC3)Cc3ccccc3[C@H]4N)c(CO)n1)C2. The van der Waals surface area contributed by atoms with Gasteiger partial charge in [-0.1, -0.05) is 36.3 Å². The third-order valence-electron chi connectivity index (χ3n) is 8.42. The molecule has 1 atom stereocenters. The van der Waals surface area contributed by atoms with Crippen LogP contribution in [-0.2, 0) is 26.1 Å². The number of aliphatic hydroxyl groups is 1. The summed E-state index contributed by atoms with van der Waals surface area (Å²) in [7, 11) is 0. The van der Waals surface area contributed by atoms with Gasteiger partial charge < -0.3 is 21.5 Å². The van der Waals surface area contributed by atoms with E-state index in [9.17, 15) is 9.90 Å². The predicted molar refractivity (Wildman–Crippen MR) is 145 cm³/mol. The van der Waals surface area contributed by atoms with Gasteiger partial charge in [0.25, 0.3) is 0 Å². The standard InChI is InChI=1S/C30H32N6O2/c31-27-25-6-2-1-4-21(25)15-30(27)9-12-36(13-10-30)29-26(19-37)34-24(16-33-29)5-3-11-35-17-22-8-7-20(28(32)38)14-23(22)18-35/h1-2,4,6-8,14,16,27,37H,9-13,15,17-19,31H2,(H2,32,38)/t27-/m1/s1. The Labute approximate surface area is 222 Å². The molecule has 1 spiro atoms. The second-order valence-electron chi connectivity index (χ2n) is 10.7. The highest BCUT2D eigenvalue weighted by Gasteiger charge is 2.46. The Bertz CT molecular complexity index is 1450. The number of primary amides is 1. The highest BCUT2D eigenvalue weighted by Crippen LogP contribution is 2.51. The molecule has 38 heavy (non-hydrogen) atoms. The van der Waals surface area contributed by atoms with Crippen molar-refractivity contribution in [3.05, 3.63) is 87.9 Å². The summed E-state index contributed by atoms with van der Waals surface area (Å²) in [5.74, 6) is 6.61. The molecule has 0 radical (unpaired) electrons. The fourth-order valence-electron chi connectivity index (χ4n) is 6.29. The van der Waals surface area contributed by atoms with Crippen molar-refractivity contribution in [1.29, 1.82) is 0 Å². The number of nitrogens with zero attached hydrogens (tertiary/aromatic N) is 4. The molecule has 8 nitrogen and oxygen atoms in total. The van der Waals surface area contributed by atoms with Crippen molar-refractivity contribution in [2.24, 2.45) is 16.9 Å². The van der Waals surface area contributed by atoms with Gasteiger partial charge in [-0.15, -0.1) is 0 Å². The normalized spacial score (nSPS) is 19.6. The molecule has 2 aliphatic heterocycles. The van der Waals surface area contributed by atoms with Gasteiger partial charge in [0, 0.05) is 37.8 Å². The van der Waals surface area contributed by atoms with Crippen molar-refractivity contribution < 1.29 is 9.90 Å². The third-order valence-corrected chi connectivity index (χ3v) is 8.42. The zero-order chi connectivity index (χ0) is 26.3.